The van der Waals surface area contributed by atoms with Crippen LogP contribution in [0.25, 0.3) is 0 Å². The molecule has 0 radical (unpaired) electrons. The molecule has 4 aliphatic rings. The molecule has 0 amide bonds. The maximum atomic E-state index is 13.9. The lowest BCUT2D eigenvalue weighted by molar-refractivity contribution is -0.146. The normalized spacial score (nSPS) is 38.3. The van der Waals surface area contributed by atoms with Gasteiger partial charge < -0.3 is 4.74 Å². The van der Waals surface area contributed by atoms with Crippen LogP contribution in [0.2, 0.25) is 0 Å². The molecular weight excluding hydrogens is 436 g/mol. The molecule has 0 aromatic rings. The zero-order valence-electron chi connectivity index (χ0n) is 22.9. The van der Waals surface area contributed by atoms with Crippen LogP contribution in [0, 0.1) is 46.3 Å². The van der Waals surface area contributed by atoms with Gasteiger partial charge in [-0.3, -0.25) is 14.4 Å². The summed E-state index contributed by atoms with van der Waals surface area (Å²) in [4.78, 5) is 38.5. The number of carbonyl (C=O) groups excluding carboxylic acids is 3. The van der Waals surface area contributed by atoms with Crippen molar-refractivity contribution in [2.45, 2.75) is 99.3 Å². The van der Waals surface area contributed by atoms with E-state index in [1.165, 1.54) is 18.4 Å². The lowest BCUT2D eigenvalue weighted by Crippen LogP contribution is -2.50. The van der Waals surface area contributed by atoms with Crippen molar-refractivity contribution in [3.63, 3.8) is 0 Å². The average molecular weight is 483 g/mol. The zero-order valence-corrected chi connectivity index (χ0v) is 22.9. The van der Waals surface area contributed by atoms with E-state index in [2.05, 4.69) is 34.3 Å². The molecule has 4 aliphatic carbocycles. The van der Waals surface area contributed by atoms with Crippen molar-refractivity contribution < 1.29 is 19.1 Å². The molecule has 8 atom stereocenters. The number of allylic oxidation sites excluding steroid dienone is 2. The van der Waals surface area contributed by atoms with Crippen molar-refractivity contribution in [2.24, 2.45) is 46.3 Å². The largest absolute Gasteiger partial charge is 0.466 e. The molecule has 0 aromatic carbocycles. The summed E-state index contributed by atoms with van der Waals surface area (Å²) >= 11 is 0. The fourth-order valence-corrected chi connectivity index (χ4v) is 8.82. The third-order valence-electron chi connectivity index (χ3n) is 10.9. The maximum Gasteiger partial charge on any atom is 0.312 e. The van der Waals surface area contributed by atoms with Crippen molar-refractivity contribution in [3.05, 3.63) is 23.3 Å². The van der Waals surface area contributed by atoms with Gasteiger partial charge in [0.1, 0.15) is 5.78 Å². The summed E-state index contributed by atoms with van der Waals surface area (Å²) < 4.78 is 5.18. The Morgan fingerprint density at radius 2 is 1.86 bits per heavy atom. The number of ketones is 2. The van der Waals surface area contributed by atoms with Crippen LogP contribution in [0.15, 0.2) is 23.3 Å². The van der Waals surface area contributed by atoms with Gasteiger partial charge in [0.15, 0.2) is 5.78 Å². The molecule has 2 saturated carbocycles. The zero-order chi connectivity index (χ0) is 25.7. The van der Waals surface area contributed by atoms with Gasteiger partial charge in [-0.15, -0.1) is 0 Å². The first kappa shape index (κ1) is 26.4. The molecule has 35 heavy (non-hydrogen) atoms. The van der Waals surface area contributed by atoms with Crippen LogP contribution in [0.3, 0.4) is 0 Å². The molecule has 2 fully saturated rings. The van der Waals surface area contributed by atoms with Gasteiger partial charge in [-0.25, -0.2) is 0 Å². The van der Waals surface area contributed by atoms with E-state index in [0.717, 1.165) is 43.3 Å². The molecule has 194 valence electrons. The predicted octanol–water partition coefficient (Wildman–Crippen LogP) is 6.88. The van der Waals surface area contributed by atoms with Crippen molar-refractivity contribution in [2.75, 3.05) is 6.61 Å². The van der Waals surface area contributed by atoms with E-state index in [-0.39, 0.29) is 28.6 Å². The molecule has 0 spiro atoms. The number of rotatable bonds is 7. The third kappa shape index (κ3) is 4.27. The van der Waals surface area contributed by atoms with Gasteiger partial charge in [0.2, 0.25) is 0 Å². The number of hydrogen-bond donors (Lipinski definition) is 0. The third-order valence-corrected chi connectivity index (χ3v) is 10.9. The highest BCUT2D eigenvalue weighted by Gasteiger charge is 2.59. The molecule has 0 N–H and O–H groups in total. The second kappa shape index (κ2) is 9.63. The topological polar surface area (TPSA) is 60.4 Å². The number of carbonyl (C=O) groups is 3. The second-order valence-corrected chi connectivity index (χ2v) is 12.7. The molecular formula is C31H46O4. The summed E-state index contributed by atoms with van der Waals surface area (Å²) in [7, 11) is 0. The summed E-state index contributed by atoms with van der Waals surface area (Å²) in [6, 6.07) is 0. The standard InChI is InChI=1S/C31H46O4/c1-8-35-29(34)20(4)18(2)9-10-19(3)23-13-14-25-22-11-12-24-21(5)26(32)15-16-30(24,6)28(22)27(33)17-31(23,25)7/h19-21,23-25H,2,8-17H2,1,3-7H3/t19-,20+,21+,23?,24+,25+,30+,31-/m1/s1. The van der Waals surface area contributed by atoms with Crippen LogP contribution in [0.1, 0.15) is 99.3 Å². The molecule has 4 nitrogen and oxygen atoms in total. The van der Waals surface area contributed by atoms with Crippen molar-refractivity contribution in [1.82, 2.24) is 0 Å². The van der Waals surface area contributed by atoms with E-state index in [0.29, 0.717) is 54.7 Å². The minimum Gasteiger partial charge on any atom is -0.466 e. The summed E-state index contributed by atoms with van der Waals surface area (Å²) in [5, 5.41) is 0. The van der Waals surface area contributed by atoms with Crippen LogP contribution in [-0.2, 0) is 19.1 Å². The van der Waals surface area contributed by atoms with Gasteiger partial charge in [0.25, 0.3) is 0 Å². The molecule has 4 heteroatoms. The summed E-state index contributed by atoms with van der Waals surface area (Å²) in [5.74, 6) is 2.18. The Hall–Kier alpha value is -1.71. The van der Waals surface area contributed by atoms with Gasteiger partial charge in [-0.1, -0.05) is 45.4 Å². The van der Waals surface area contributed by atoms with E-state index in [4.69, 9.17) is 4.74 Å². The highest BCUT2D eigenvalue weighted by Crippen LogP contribution is 2.65. The highest BCUT2D eigenvalue weighted by molar-refractivity contribution is 6.00. The lowest BCUT2D eigenvalue weighted by atomic mass is 9.48. The molecule has 1 unspecified atom stereocenters. The Kier molecular flexibility index (Phi) is 7.25. The van der Waals surface area contributed by atoms with E-state index >= 15 is 0 Å². The van der Waals surface area contributed by atoms with Crippen molar-refractivity contribution in [1.29, 1.82) is 0 Å². The number of esters is 1. The molecule has 0 aromatic heterocycles. The molecule has 0 saturated heterocycles. The van der Waals surface area contributed by atoms with Crippen molar-refractivity contribution in [3.8, 4) is 0 Å². The van der Waals surface area contributed by atoms with Crippen LogP contribution in [0.5, 0.6) is 0 Å². The van der Waals surface area contributed by atoms with Gasteiger partial charge in [0.05, 0.1) is 12.5 Å². The minimum absolute atomic E-state index is 0.0166. The first-order valence-corrected chi connectivity index (χ1v) is 14.1. The first-order valence-electron chi connectivity index (χ1n) is 14.1. The van der Waals surface area contributed by atoms with Crippen LogP contribution >= 0.6 is 0 Å². The lowest BCUT2D eigenvalue weighted by Gasteiger charge is -2.54. The monoisotopic (exact) mass is 482 g/mol. The van der Waals surface area contributed by atoms with E-state index in [9.17, 15) is 14.4 Å². The minimum atomic E-state index is -0.265. The van der Waals surface area contributed by atoms with E-state index < -0.39 is 0 Å². The highest BCUT2D eigenvalue weighted by atomic mass is 16.5. The molecule has 0 bridgehead atoms. The quantitative estimate of drug-likeness (QED) is 0.293. The van der Waals surface area contributed by atoms with Crippen molar-refractivity contribution >= 4 is 17.5 Å². The Balaban J connectivity index is 1.51. The first-order chi connectivity index (χ1) is 16.5. The Morgan fingerprint density at radius 3 is 2.54 bits per heavy atom. The van der Waals surface area contributed by atoms with E-state index in [1.807, 2.05) is 13.8 Å². The molecule has 0 aliphatic heterocycles. The SMILES string of the molecule is C=C(CC[C@@H](C)C1CC[C@H]2C3=C(C(=O)C[C@]12C)[C@@]1(C)CCC(=O)[C@@H](C)[C@@H]1CC3)[C@H](C)C(=O)OCC. The van der Waals surface area contributed by atoms with Gasteiger partial charge in [0, 0.05) is 24.3 Å². The molecule has 0 heterocycles. The van der Waals surface area contributed by atoms with Gasteiger partial charge in [-0.2, -0.15) is 0 Å². The Morgan fingerprint density at radius 1 is 1.14 bits per heavy atom. The fraction of sp³-hybridized carbons (Fsp3) is 0.774. The average Bonchev–Trinajstić information content (AvgIpc) is 3.15. The smallest absolute Gasteiger partial charge is 0.312 e. The number of ether oxygens (including phenoxy) is 1. The Bertz CT molecular complexity index is 944. The van der Waals surface area contributed by atoms with E-state index in [1.54, 1.807) is 0 Å². The van der Waals surface area contributed by atoms with Crippen LogP contribution < -0.4 is 0 Å². The maximum absolute atomic E-state index is 13.9. The van der Waals surface area contributed by atoms with Crippen LogP contribution in [-0.4, -0.2) is 24.1 Å². The molecule has 4 rings (SSSR count). The van der Waals surface area contributed by atoms with Gasteiger partial charge >= 0.3 is 5.97 Å². The summed E-state index contributed by atoms with van der Waals surface area (Å²) in [5.41, 5.74) is 3.44. The van der Waals surface area contributed by atoms with Crippen LogP contribution in [0.4, 0.5) is 0 Å². The van der Waals surface area contributed by atoms with Gasteiger partial charge in [-0.05, 0) is 93.3 Å². The number of fused-ring (bicyclic) bond motifs is 4. The number of Topliss-reactive ketones (excluding diaryl/α,β-unsaturated/α-hetero) is 2. The number of hydrogen-bond acceptors (Lipinski definition) is 4. The second-order valence-electron chi connectivity index (χ2n) is 12.7. The summed E-state index contributed by atoms with van der Waals surface area (Å²) in [6.45, 7) is 17.4. The fourth-order valence-electron chi connectivity index (χ4n) is 8.82. The predicted molar refractivity (Wildman–Crippen MR) is 139 cm³/mol. The summed E-state index contributed by atoms with van der Waals surface area (Å²) in [6.07, 6.45) is 8.32. The Labute approximate surface area is 212 Å².